The highest BCUT2D eigenvalue weighted by molar-refractivity contribution is 6.30. The minimum Gasteiger partial charge on any atom is -0.481 e. The molecule has 0 radical (unpaired) electrons. The molecule has 2 aromatic carbocycles. The van der Waals surface area contributed by atoms with Gasteiger partial charge in [0.25, 0.3) is 5.91 Å². The number of piperidine rings is 1. The number of likely N-dealkylation sites (tertiary alicyclic amines) is 1. The number of nitrogens with one attached hydrogen (secondary N) is 1. The van der Waals surface area contributed by atoms with Gasteiger partial charge in [0.1, 0.15) is 29.2 Å². The summed E-state index contributed by atoms with van der Waals surface area (Å²) >= 11 is 5.99. The summed E-state index contributed by atoms with van der Waals surface area (Å²) in [7, 11) is 0. The molecule has 240 valence electrons. The van der Waals surface area contributed by atoms with E-state index < -0.39 is 12.0 Å². The van der Waals surface area contributed by atoms with E-state index >= 15 is 0 Å². The minimum absolute atomic E-state index is 0.0204. The number of aromatic amines is 1. The number of pyridine rings is 1. The molecule has 3 aliphatic rings. The van der Waals surface area contributed by atoms with Gasteiger partial charge in [-0.2, -0.15) is 5.10 Å². The van der Waals surface area contributed by atoms with Crippen LogP contribution in [0.25, 0.3) is 28.6 Å². The highest BCUT2D eigenvalue weighted by atomic mass is 35.5. The lowest BCUT2D eigenvalue weighted by molar-refractivity contribution is -0.0592. The Balaban J connectivity index is 1.000. The highest BCUT2D eigenvalue weighted by Gasteiger charge is 2.29. The molecule has 2 saturated heterocycles. The lowest BCUT2D eigenvalue weighted by Crippen LogP contribution is -2.35. The second-order valence-electron chi connectivity index (χ2n) is 12.2. The minimum atomic E-state index is -0.685. The van der Waals surface area contributed by atoms with Gasteiger partial charge in [0.15, 0.2) is 5.82 Å². The Morgan fingerprint density at radius 2 is 1.96 bits per heavy atom. The Kier molecular flexibility index (Phi) is 7.70. The van der Waals surface area contributed by atoms with Crippen molar-refractivity contribution < 1.29 is 18.7 Å². The normalized spacial score (nSPS) is 19.8. The SMILES string of the molecule is NC(=O)c1nc(-c2cc3nc(CN4CCC(c5cccc6c5OC(c5ccc(Cl)cc5F)C=C6)CC4)n(CC4CCO4)c3cn2)n[nH]1. The second-order valence-corrected chi connectivity index (χ2v) is 12.7. The maximum Gasteiger partial charge on any atom is 0.286 e. The smallest absolute Gasteiger partial charge is 0.286 e. The van der Waals surface area contributed by atoms with Gasteiger partial charge < -0.3 is 19.8 Å². The topological polar surface area (TPSA) is 137 Å². The zero-order valence-electron chi connectivity index (χ0n) is 25.4. The van der Waals surface area contributed by atoms with Crippen LogP contribution < -0.4 is 10.5 Å². The van der Waals surface area contributed by atoms with Crippen LogP contribution in [0.2, 0.25) is 5.02 Å². The number of carbonyl (C=O) groups excluding carboxylic acids is 1. The van der Waals surface area contributed by atoms with E-state index in [1.165, 1.54) is 6.07 Å². The van der Waals surface area contributed by atoms with E-state index in [-0.39, 0.29) is 23.6 Å². The zero-order valence-corrected chi connectivity index (χ0v) is 26.2. The van der Waals surface area contributed by atoms with Gasteiger partial charge in [-0.1, -0.05) is 41.9 Å². The number of benzene rings is 2. The Bertz CT molecular complexity index is 2010. The van der Waals surface area contributed by atoms with Gasteiger partial charge in [0, 0.05) is 22.8 Å². The summed E-state index contributed by atoms with van der Waals surface area (Å²) in [5, 5.41) is 7.01. The van der Waals surface area contributed by atoms with Crippen LogP contribution in [0.4, 0.5) is 4.39 Å². The van der Waals surface area contributed by atoms with Crippen molar-refractivity contribution in [3.8, 4) is 17.3 Å². The summed E-state index contributed by atoms with van der Waals surface area (Å²) in [6.07, 6.45) is 8.23. The molecule has 0 bridgehead atoms. The summed E-state index contributed by atoms with van der Waals surface area (Å²) in [4.78, 5) is 27.7. The zero-order chi connectivity index (χ0) is 32.1. The molecule has 2 fully saturated rings. The number of carbonyl (C=O) groups is 1. The molecule has 3 aromatic heterocycles. The van der Waals surface area contributed by atoms with Crippen molar-refractivity contribution in [2.24, 2.45) is 5.73 Å². The van der Waals surface area contributed by atoms with Gasteiger partial charge >= 0.3 is 0 Å². The van der Waals surface area contributed by atoms with Crippen molar-refractivity contribution in [3.05, 3.63) is 93.9 Å². The van der Waals surface area contributed by atoms with Crippen LogP contribution in [0, 0.1) is 5.82 Å². The molecule has 3 aliphatic heterocycles. The highest BCUT2D eigenvalue weighted by Crippen LogP contribution is 2.42. The molecule has 6 heterocycles. The van der Waals surface area contributed by atoms with Gasteiger partial charge in [-0.25, -0.2) is 14.4 Å². The average molecular weight is 655 g/mol. The Hall–Kier alpha value is -4.65. The first kappa shape index (κ1) is 29.7. The van der Waals surface area contributed by atoms with Crippen LogP contribution in [0.5, 0.6) is 5.75 Å². The summed E-state index contributed by atoms with van der Waals surface area (Å²) in [6.45, 7) is 3.93. The number of amides is 1. The molecule has 2 unspecified atom stereocenters. The van der Waals surface area contributed by atoms with E-state index in [0.717, 1.165) is 72.7 Å². The van der Waals surface area contributed by atoms with Crippen molar-refractivity contribution >= 4 is 34.6 Å². The Morgan fingerprint density at radius 3 is 2.70 bits per heavy atom. The lowest BCUT2D eigenvalue weighted by Gasteiger charge is -2.34. The van der Waals surface area contributed by atoms with Crippen LogP contribution in [-0.2, 0) is 17.8 Å². The average Bonchev–Trinajstić information content (AvgIpc) is 3.68. The summed E-state index contributed by atoms with van der Waals surface area (Å²) in [6, 6.07) is 12.8. The van der Waals surface area contributed by atoms with Crippen LogP contribution in [-0.4, -0.2) is 66.3 Å². The number of aromatic nitrogens is 6. The number of para-hydroxylation sites is 1. The number of imidazole rings is 1. The first-order valence-electron chi connectivity index (χ1n) is 15.7. The van der Waals surface area contributed by atoms with Crippen molar-refractivity contribution in [3.63, 3.8) is 0 Å². The molecular weight excluding hydrogens is 623 g/mol. The number of nitrogens with two attached hydrogens (primary N) is 1. The third-order valence-corrected chi connectivity index (χ3v) is 9.51. The van der Waals surface area contributed by atoms with E-state index in [9.17, 15) is 9.18 Å². The van der Waals surface area contributed by atoms with Crippen LogP contribution in [0.1, 0.15) is 64.4 Å². The Labute approximate surface area is 274 Å². The fourth-order valence-corrected chi connectivity index (χ4v) is 6.82. The third kappa shape index (κ3) is 5.77. The molecule has 0 aliphatic carbocycles. The molecule has 47 heavy (non-hydrogen) atoms. The second kappa shape index (κ2) is 12.2. The van der Waals surface area contributed by atoms with E-state index in [1.807, 2.05) is 24.3 Å². The molecule has 5 aromatic rings. The van der Waals surface area contributed by atoms with E-state index in [1.54, 1.807) is 18.3 Å². The van der Waals surface area contributed by atoms with E-state index in [4.69, 9.17) is 31.8 Å². The predicted molar refractivity (Wildman–Crippen MR) is 173 cm³/mol. The number of primary amides is 1. The van der Waals surface area contributed by atoms with Crippen molar-refractivity contribution in [1.29, 1.82) is 0 Å². The first-order chi connectivity index (χ1) is 22.9. The van der Waals surface area contributed by atoms with Crippen LogP contribution in [0.15, 0.2) is 54.7 Å². The quantitative estimate of drug-likeness (QED) is 0.226. The standard InChI is InChI=1S/C34H32ClFN8O3/c35-21-5-6-24(25(36)14-21)29-7-4-20-2-1-3-23(31(20)47-29)19-8-11-43(12-9-19)18-30-39-26-15-27(33-40-34(32(37)45)42-41-33)38-16-28(26)44(30)17-22-10-13-46-22/h1-7,14-16,19,22,29H,8-13,17-18H2,(H2,37,45)(H,40,41,42). The van der Waals surface area contributed by atoms with Gasteiger partial charge in [-0.3, -0.25) is 19.8 Å². The van der Waals surface area contributed by atoms with Crippen LogP contribution in [0.3, 0.4) is 0 Å². The number of rotatable bonds is 8. The van der Waals surface area contributed by atoms with Gasteiger partial charge in [0.05, 0.1) is 36.4 Å². The molecule has 8 rings (SSSR count). The summed E-state index contributed by atoms with van der Waals surface area (Å²) in [5.41, 5.74) is 10.1. The number of nitrogens with zero attached hydrogens (tertiary/aromatic N) is 6. The van der Waals surface area contributed by atoms with Gasteiger partial charge in [0.2, 0.25) is 5.82 Å². The number of fused-ring (bicyclic) bond motifs is 2. The molecule has 1 amide bonds. The molecular formula is C34H32ClFN8O3. The van der Waals surface area contributed by atoms with Crippen molar-refractivity contribution in [2.75, 3.05) is 19.7 Å². The molecule has 0 saturated carbocycles. The monoisotopic (exact) mass is 654 g/mol. The fraction of sp³-hybridized carbons (Fsp3) is 0.324. The fourth-order valence-electron chi connectivity index (χ4n) is 6.66. The number of hydrogen-bond donors (Lipinski definition) is 2. The van der Waals surface area contributed by atoms with Gasteiger partial charge in [-0.15, -0.1) is 0 Å². The lowest BCUT2D eigenvalue weighted by atomic mass is 9.87. The van der Waals surface area contributed by atoms with Crippen LogP contribution >= 0.6 is 11.6 Å². The largest absolute Gasteiger partial charge is 0.481 e. The number of ether oxygens (including phenoxy) is 2. The maximum absolute atomic E-state index is 14.8. The maximum atomic E-state index is 14.8. The number of halogens is 2. The van der Waals surface area contributed by atoms with Crippen molar-refractivity contribution in [1.82, 2.24) is 34.6 Å². The predicted octanol–water partition coefficient (Wildman–Crippen LogP) is 5.42. The molecule has 11 nitrogen and oxygen atoms in total. The van der Waals surface area contributed by atoms with Crippen molar-refractivity contribution in [2.45, 2.75) is 50.5 Å². The van der Waals surface area contributed by atoms with Gasteiger partial charge in [-0.05, 0) is 68.1 Å². The van der Waals surface area contributed by atoms with E-state index in [0.29, 0.717) is 35.3 Å². The summed E-state index contributed by atoms with van der Waals surface area (Å²) in [5.74, 6) is 1.28. The first-order valence-corrected chi connectivity index (χ1v) is 16.1. The number of hydrogen-bond acceptors (Lipinski definition) is 8. The molecule has 3 N–H and O–H groups in total. The third-order valence-electron chi connectivity index (χ3n) is 9.27. The molecule has 13 heteroatoms. The summed E-state index contributed by atoms with van der Waals surface area (Å²) < 4.78 is 29.2. The molecule has 0 spiro atoms. The molecule has 2 atom stereocenters. The number of H-pyrrole nitrogens is 1. The van der Waals surface area contributed by atoms with E-state index in [2.05, 4.69) is 41.8 Å². The Morgan fingerprint density at radius 1 is 1.11 bits per heavy atom.